The van der Waals surface area contributed by atoms with Gasteiger partial charge >= 0.3 is 5.97 Å². The molecule has 0 aromatic heterocycles. The van der Waals surface area contributed by atoms with E-state index in [9.17, 15) is 45.3 Å². The average Bonchev–Trinajstić information content (AvgIpc) is 3.14. The van der Waals surface area contributed by atoms with E-state index in [1.54, 1.807) is 12.1 Å². The number of unbranched alkanes of at least 4 members (excludes halogenated alkanes) is 8. The van der Waals surface area contributed by atoms with E-state index in [0.29, 0.717) is 12.0 Å². The van der Waals surface area contributed by atoms with Gasteiger partial charge in [-0.3, -0.25) is 9.59 Å². The lowest BCUT2D eigenvalue weighted by atomic mass is 9.95. The maximum absolute atomic E-state index is 13.1. The van der Waals surface area contributed by atoms with Crippen molar-refractivity contribution in [2.75, 3.05) is 6.61 Å². The summed E-state index contributed by atoms with van der Waals surface area (Å²) in [6.45, 7) is 3.17. The number of esters is 1. The Kier molecular flexibility index (Phi) is 14.9. The van der Waals surface area contributed by atoms with Crippen LogP contribution in [0, 0.1) is 0 Å². The van der Waals surface area contributed by atoms with Gasteiger partial charge in [0.05, 0.1) is 12.5 Å². The molecule has 15 heteroatoms. The van der Waals surface area contributed by atoms with E-state index in [1.165, 1.54) is 57.2 Å². The highest BCUT2D eigenvalue weighted by Gasteiger charge is 2.51. The number of rotatable bonds is 17. The zero-order valence-corrected chi connectivity index (χ0v) is 30.7. The fourth-order valence-electron chi connectivity index (χ4n) is 6.88. The van der Waals surface area contributed by atoms with E-state index in [1.807, 2.05) is 0 Å². The van der Waals surface area contributed by atoms with Crippen LogP contribution in [0.5, 0.6) is 23.0 Å². The molecule has 300 valence electrons. The summed E-state index contributed by atoms with van der Waals surface area (Å²) in [5, 5.41) is 74.1. The van der Waals surface area contributed by atoms with Crippen LogP contribution in [0.25, 0.3) is 0 Å². The molecule has 3 heterocycles. The molecule has 2 saturated heterocycles. The molecule has 2 aromatic carbocycles. The normalized spacial score (nSPS) is 31.0. The topological polar surface area (TPSA) is 231 Å². The first-order valence-electron chi connectivity index (χ1n) is 18.9. The van der Waals surface area contributed by atoms with E-state index < -0.39 is 91.6 Å². The highest BCUT2D eigenvalue weighted by Crippen LogP contribution is 2.43. The first-order chi connectivity index (χ1) is 25.9. The number of aromatic hydroxyl groups is 2. The van der Waals surface area contributed by atoms with E-state index in [4.69, 9.17) is 28.4 Å². The number of ether oxygens (including phenoxy) is 6. The number of Topliss-reactive ketones (excluding diaryl/α,β-unsaturated/α-hetero) is 1. The minimum absolute atomic E-state index is 0.0212. The van der Waals surface area contributed by atoms with Crippen molar-refractivity contribution in [3.05, 3.63) is 47.5 Å². The summed E-state index contributed by atoms with van der Waals surface area (Å²) in [5.74, 6) is -1.48. The van der Waals surface area contributed by atoms with Crippen molar-refractivity contribution in [3.63, 3.8) is 0 Å². The van der Waals surface area contributed by atoms with Crippen LogP contribution in [0.1, 0.15) is 107 Å². The number of phenolic OH excluding ortho intramolecular Hbond substituents is 2. The van der Waals surface area contributed by atoms with Crippen LogP contribution in [0.4, 0.5) is 0 Å². The molecule has 15 nitrogen and oxygen atoms in total. The summed E-state index contributed by atoms with van der Waals surface area (Å²) in [5.41, 5.74) is 0.517. The molecule has 54 heavy (non-hydrogen) atoms. The van der Waals surface area contributed by atoms with E-state index in [-0.39, 0.29) is 35.7 Å². The number of aliphatic hydroxyl groups excluding tert-OH is 5. The Morgan fingerprint density at radius 1 is 0.796 bits per heavy atom. The average molecular weight is 763 g/mol. The Hall–Kier alpha value is -3.54. The van der Waals surface area contributed by atoms with Crippen molar-refractivity contribution in [1.82, 2.24) is 0 Å². The molecule has 0 aliphatic carbocycles. The third-order valence-electron chi connectivity index (χ3n) is 10.1. The van der Waals surface area contributed by atoms with Crippen LogP contribution in [0.15, 0.2) is 36.4 Å². The Labute approximate surface area is 314 Å². The van der Waals surface area contributed by atoms with Gasteiger partial charge in [0.15, 0.2) is 18.2 Å². The Morgan fingerprint density at radius 2 is 1.46 bits per heavy atom. The Morgan fingerprint density at radius 3 is 2.15 bits per heavy atom. The predicted octanol–water partition coefficient (Wildman–Crippen LogP) is 3.31. The van der Waals surface area contributed by atoms with E-state index in [2.05, 4.69) is 6.92 Å². The van der Waals surface area contributed by atoms with E-state index in [0.717, 1.165) is 25.3 Å². The predicted molar refractivity (Wildman–Crippen MR) is 190 cm³/mol. The second-order valence-corrected chi connectivity index (χ2v) is 14.3. The van der Waals surface area contributed by atoms with Crippen molar-refractivity contribution in [2.24, 2.45) is 0 Å². The van der Waals surface area contributed by atoms with Gasteiger partial charge in [0.25, 0.3) is 0 Å². The zero-order chi connectivity index (χ0) is 38.9. The number of fused-ring (bicyclic) bond motifs is 1. The summed E-state index contributed by atoms with van der Waals surface area (Å²) >= 11 is 0. The Bertz CT molecular complexity index is 1520. The molecule has 0 radical (unpaired) electrons. The number of ketones is 1. The van der Waals surface area contributed by atoms with Crippen LogP contribution in [-0.2, 0) is 23.7 Å². The van der Waals surface area contributed by atoms with Gasteiger partial charge in [0, 0.05) is 18.6 Å². The summed E-state index contributed by atoms with van der Waals surface area (Å²) in [7, 11) is 0. The van der Waals surface area contributed by atoms with E-state index >= 15 is 0 Å². The number of carbonyl (C=O) groups is 2. The highest BCUT2D eigenvalue weighted by atomic mass is 16.8. The summed E-state index contributed by atoms with van der Waals surface area (Å²) in [4.78, 5) is 25.7. The van der Waals surface area contributed by atoms with Gasteiger partial charge in [0.2, 0.25) is 6.29 Å². The standard InChI is InChI=1S/C39H54O15/c1-3-4-5-6-7-8-9-10-11-12-30(43)49-20-29-33(45)35(47)37(54-38-36(48)34(46)32(44)21(2)50-38)39(53-29)51-24-17-25(41)31-26(42)19-27(52-28(31)18-24)22-13-15-23(40)16-14-22/h13-18,21,27,29,32-41,44-48H,3-12,19-20H2,1-2H3/t21-,27-,29+,32-,33+,34+,35-,36+,37+,38-,39+/m0/s1. The number of phenols is 2. The quantitative estimate of drug-likeness (QED) is 0.0906. The summed E-state index contributed by atoms with van der Waals surface area (Å²) < 4.78 is 34.9. The smallest absolute Gasteiger partial charge is 0.305 e. The molecule has 0 unspecified atom stereocenters. The fourth-order valence-corrected chi connectivity index (χ4v) is 6.88. The zero-order valence-electron chi connectivity index (χ0n) is 30.7. The Balaban J connectivity index is 1.28. The largest absolute Gasteiger partial charge is 0.508 e. The number of aliphatic hydroxyl groups is 5. The van der Waals surface area contributed by atoms with Crippen LogP contribution in [-0.4, -0.2) is 116 Å². The molecule has 0 amide bonds. The van der Waals surface area contributed by atoms with Gasteiger partial charge in [-0.15, -0.1) is 0 Å². The van der Waals surface area contributed by atoms with Crippen molar-refractivity contribution in [3.8, 4) is 23.0 Å². The SMILES string of the molecule is CCCCCCCCCCCC(=O)OC[C@H]1O[C@@H](Oc2cc(O)c3c(c2)O[C@H](c2ccc(O)cc2)CC3=O)[C@H](O[C@@H]2O[C@@H](C)[C@H](O)[C@@H](O)[C@H]2O)[C@@H](O)[C@@H]1O. The van der Waals surface area contributed by atoms with Crippen LogP contribution in [0.3, 0.4) is 0 Å². The lowest BCUT2D eigenvalue weighted by Crippen LogP contribution is -2.64. The van der Waals surface area contributed by atoms with Crippen molar-refractivity contribution in [1.29, 1.82) is 0 Å². The molecule has 0 saturated carbocycles. The molecule has 7 N–H and O–H groups in total. The van der Waals surface area contributed by atoms with Gasteiger partial charge in [-0.2, -0.15) is 0 Å². The van der Waals surface area contributed by atoms with Gasteiger partial charge in [-0.25, -0.2) is 0 Å². The van der Waals surface area contributed by atoms with Gasteiger partial charge in [-0.1, -0.05) is 70.4 Å². The molecule has 2 fully saturated rings. The third-order valence-corrected chi connectivity index (χ3v) is 10.1. The second-order valence-electron chi connectivity index (χ2n) is 14.3. The van der Waals surface area contributed by atoms with Gasteiger partial charge in [-0.05, 0) is 31.0 Å². The number of hydrogen-bond donors (Lipinski definition) is 7. The minimum Gasteiger partial charge on any atom is -0.508 e. The molecule has 3 aliphatic rings. The second kappa shape index (κ2) is 19.4. The van der Waals surface area contributed by atoms with Crippen molar-refractivity contribution < 1.29 is 73.8 Å². The molecular weight excluding hydrogens is 708 g/mol. The minimum atomic E-state index is -1.79. The van der Waals surface area contributed by atoms with Crippen molar-refractivity contribution >= 4 is 11.8 Å². The van der Waals surface area contributed by atoms with Crippen LogP contribution in [0.2, 0.25) is 0 Å². The summed E-state index contributed by atoms with van der Waals surface area (Å²) in [6.07, 6.45) is -6.51. The third kappa shape index (κ3) is 10.4. The maximum atomic E-state index is 13.1. The highest BCUT2D eigenvalue weighted by molar-refractivity contribution is 6.02. The monoisotopic (exact) mass is 762 g/mol. The summed E-state index contributed by atoms with van der Waals surface area (Å²) in [6, 6.07) is 8.57. The first-order valence-corrected chi connectivity index (χ1v) is 18.9. The van der Waals surface area contributed by atoms with Gasteiger partial charge in [0.1, 0.15) is 77.9 Å². The first kappa shape index (κ1) is 41.6. The van der Waals surface area contributed by atoms with Crippen LogP contribution < -0.4 is 9.47 Å². The lowest BCUT2D eigenvalue weighted by Gasteiger charge is -2.45. The fraction of sp³-hybridized carbons (Fsp3) is 0.641. The number of carbonyl (C=O) groups excluding carboxylic acids is 2. The maximum Gasteiger partial charge on any atom is 0.305 e. The molecule has 5 rings (SSSR count). The molecule has 3 aliphatic heterocycles. The molecule has 0 spiro atoms. The number of hydrogen-bond acceptors (Lipinski definition) is 15. The number of benzene rings is 2. The van der Waals surface area contributed by atoms with Crippen LogP contribution >= 0.6 is 0 Å². The molecular formula is C39H54O15. The molecule has 2 aromatic rings. The molecule has 11 atom stereocenters. The lowest BCUT2D eigenvalue weighted by molar-refractivity contribution is -0.354. The molecule has 0 bridgehead atoms. The van der Waals surface area contributed by atoms with Gasteiger partial charge < -0.3 is 64.2 Å². The van der Waals surface area contributed by atoms with Crippen molar-refractivity contribution in [2.45, 2.75) is 152 Å².